The number of hydrogen-bond acceptors (Lipinski definition) is 3. The lowest BCUT2D eigenvalue weighted by molar-refractivity contribution is -0.110. The van der Waals surface area contributed by atoms with Crippen molar-refractivity contribution in [2.45, 2.75) is 6.92 Å². The summed E-state index contributed by atoms with van der Waals surface area (Å²) < 4.78 is 3.80. The topological polar surface area (TPSA) is 29.4 Å². The quantitative estimate of drug-likeness (QED) is 0.332. The fourth-order valence-electron chi connectivity index (χ4n) is 0.343. The first-order valence-electron chi connectivity index (χ1n) is 2.00. The Kier molecular flexibility index (Phi) is 3.00. The van der Waals surface area contributed by atoms with E-state index in [0.717, 1.165) is 0 Å². The minimum atomic E-state index is 0. The molecule has 1 heterocycles. The van der Waals surface area contributed by atoms with Gasteiger partial charge >= 0.3 is 0 Å². The van der Waals surface area contributed by atoms with E-state index >= 15 is 0 Å². The molecule has 0 unspecified atom stereocenters. The number of rotatable bonds is 0. The highest BCUT2D eigenvalue weighted by molar-refractivity contribution is 7.99. The van der Waals surface area contributed by atoms with E-state index in [4.69, 9.17) is 0 Å². The van der Waals surface area contributed by atoms with Gasteiger partial charge in [-0.3, -0.25) is 4.79 Å². The lowest BCUT2D eigenvalue weighted by atomic mass is 10.3. The number of carbonyl (C=O) groups is 1. The molecule has 0 spiro atoms. The molecule has 0 saturated carbocycles. The van der Waals surface area contributed by atoms with Crippen molar-refractivity contribution in [1.29, 1.82) is 0 Å². The summed E-state index contributed by atoms with van der Waals surface area (Å²) in [7, 11) is 0. The van der Waals surface area contributed by atoms with Crippen LogP contribution in [0.3, 0.4) is 0 Å². The molecule has 46 valence electrons. The maximum absolute atomic E-state index is 10.4. The Morgan fingerprint density at radius 1 is 1.75 bits per heavy atom. The van der Waals surface area contributed by atoms with Gasteiger partial charge in [-0.2, -0.15) is 0 Å². The van der Waals surface area contributed by atoms with E-state index in [9.17, 15) is 4.79 Å². The Hall–Kier alpha value is -0.0931. The smallest absolute Gasteiger partial charge is 0.189 e. The van der Waals surface area contributed by atoms with Crippen molar-refractivity contribution in [3.05, 3.63) is 0 Å². The summed E-state index contributed by atoms with van der Waals surface area (Å²) in [5.74, 6) is 0.719. The first-order chi connectivity index (χ1) is 3.30. The molecule has 0 saturated heterocycles. The van der Waals surface area contributed by atoms with Crippen LogP contribution in [0.1, 0.15) is 6.92 Å². The molecule has 0 atom stereocenters. The molecule has 1 aliphatic rings. The molecular formula is C4H9NOSSi. The van der Waals surface area contributed by atoms with Gasteiger partial charge in [0, 0.05) is 0 Å². The normalized spacial score (nSPS) is 17.6. The fourth-order valence-corrected chi connectivity index (χ4v) is 1.03. The van der Waals surface area contributed by atoms with Crippen molar-refractivity contribution in [2.24, 2.45) is 4.40 Å². The van der Waals surface area contributed by atoms with Crippen LogP contribution in [0.15, 0.2) is 4.40 Å². The molecular weight excluding hydrogens is 138 g/mol. The summed E-state index contributed by atoms with van der Waals surface area (Å²) in [4.78, 5) is 10.4. The molecule has 8 heavy (non-hydrogen) atoms. The second kappa shape index (κ2) is 3.04. The molecule has 0 aromatic rings. The highest BCUT2D eigenvalue weighted by atomic mass is 32.2. The van der Waals surface area contributed by atoms with Gasteiger partial charge in [0.25, 0.3) is 0 Å². The van der Waals surface area contributed by atoms with E-state index in [0.29, 0.717) is 11.5 Å². The van der Waals surface area contributed by atoms with Gasteiger partial charge in [-0.25, -0.2) is 4.40 Å². The summed E-state index contributed by atoms with van der Waals surface area (Å²) >= 11 is 1.33. The van der Waals surface area contributed by atoms with Gasteiger partial charge in [0.05, 0.1) is 11.5 Å². The minimum Gasteiger partial charge on any atom is -0.292 e. The number of carbonyl (C=O) groups excluding carboxylic acids is 1. The molecule has 0 bridgehead atoms. The van der Waals surface area contributed by atoms with Crippen LogP contribution in [0.5, 0.6) is 0 Å². The van der Waals surface area contributed by atoms with E-state index in [1.165, 1.54) is 11.9 Å². The first-order valence-corrected chi connectivity index (χ1v) is 2.95. The Morgan fingerprint density at radius 3 is 2.50 bits per heavy atom. The molecule has 0 aromatic carbocycles. The monoisotopic (exact) mass is 147 g/mol. The van der Waals surface area contributed by atoms with Crippen molar-refractivity contribution in [1.82, 2.24) is 0 Å². The number of Topliss-reactive ketones (excluding diaryl/α,β-unsaturated/α-hetero) is 1. The molecule has 0 amide bonds. The van der Waals surface area contributed by atoms with Crippen molar-refractivity contribution in [3.63, 3.8) is 0 Å². The number of hydrogen-bond donors (Lipinski definition) is 0. The SMILES string of the molecule is CC1=NSCC1=O.[SiH4]. The summed E-state index contributed by atoms with van der Waals surface area (Å²) in [6, 6.07) is 0. The second-order valence-corrected chi connectivity index (χ2v) is 2.10. The average Bonchev–Trinajstić information content (AvgIpc) is 1.91. The maximum Gasteiger partial charge on any atom is 0.189 e. The Morgan fingerprint density at radius 2 is 2.38 bits per heavy atom. The van der Waals surface area contributed by atoms with Crippen LogP contribution in [0.2, 0.25) is 0 Å². The zero-order valence-electron chi connectivity index (χ0n) is 3.97. The number of ketones is 1. The molecule has 1 aliphatic heterocycles. The molecule has 0 fully saturated rings. The van der Waals surface area contributed by atoms with Crippen molar-refractivity contribution >= 4 is 34.4 Å². The van der Waals surface area contributed by atoms with Crippen molar-refractivity contribution < 1.29 is 4.79 Å². The van der Waals surface area contributed by atoms with Crippen LogP contribution < -0.4 is 0 Å². The van der Waals surface area contributed by atoms with Crippen molar-refractivity contribution in [3.8, 4) is 0 Å². The predicted molar refractivity (Wildman–Crippen MR) is 41.9 cm³/mol. The van der Waals surface area contributed by atoms with Crippen LogP contribution >= 0.6 is 11.9 Å². The van der Waals surface area contributed by atoms with E-state index in [1.54, 1.807) is 6.92 Å². The third-order valence-electron chi connectivity index (χ3n) is 0.801. The van der Waals surface area contributed by atoms with E-state index in [2.05, 4.69) is 4.40 Å². The highest BCUT2D eigenvalue weighted by Crippen LogP contribution is 2.10. The fraction of sp³-hybridized carbons (Fsp3) is 0.500. The lowest BCUT2D eigenvalue weighted by Crippen LogP contribution is -2.04. The Bertz CT molecular complexity index is 134. The Balaban J connectivity index is 0.000000490. The zero-order valence-corrected chi connectivity index (χ0v) is 4.79. The first kappa shape index (κ1) is 7.91. The molecule has 0 radical (unpaired) electrons. The summed E-state index contributed by atoms with van der Waals surface area (Å²) in [5.41, 5.74) is 0.657. The summed E-state index contributed by atoms with van der Waals surface area (Å²) in [5, 5.41) is 0. The zero-order chi connectivity index (χ0) is 5.28. The van der Waals surface area contributed by atoms with Crippen LogP contribution in [0.4, 0.5) is 0 Å². The van der Waals surface area contributed by atoms with Crippen LogP contribution in [-0.2, 0) is 4.79 Å². The summed E-state index contributed by atoms with van der Waals surface area (Å²) in [6.07, 6.45) is 0. The summed E-state index contributed by atoms with van der Waals surface area (Å²) in [6.45, 7) is 1.74. The van der Waals surface area contributed by atoms with E-state index < -0.39 is 0 Å². The average molecular weight is 147 g/mol. The van der Waals surface area contributed by atoms with Gasteiger partial charge in [-0.1, -0.05) is 0 Å². The minimum absolute atomic E-state index is 0. The molecule has 0 aromatic heterocycles. The van der Waals surface area contributed by atoms with E-state index in [-0.39, 0.29) is 16.7 Å². The molecule has 1 rings (SSSR count). The largest absolute Gasteiger partial charge is 0.292 e. The molecule has 2 nitrogen and oxygen atoms in total. The van der Waals surface area contributed by atoms with E-state index in [1.807, 2.05) is 0 Å². The van der Waals surface area contributed by atoms with Gasteiger partial charge in [0.1, 0.15) is 0 Å². The Labute approximate surface area is 56.9 Å². The molecule has 4 heteroatoms. The van der Waals surface area contributed by atoms with Gasteiger partial charge in [0.2, 0.25) is 0 Å². The second-order valence-electron chi connectivity index (χ2n) is 1.37. The van der Waals surface area contributed by atoms with Crippen LogP contribution in [-0.4, -0.2) is 28.2 Å². The number of nitrogens with zero attached hydrogens (tertiary/aromatic N) is 1. The van der Waals surface area contributed by atoms with Crippen LogP contribution in [0.25, 0.3) is 0 Å². The van der Waals surface area contributed by atoms with Gasteiger partial charge < -0.3 is 0 Å². The molecule has 0 N–H and O–H groups in total. The van der Waals surface area contributed by atoms with Gasteiger partial charge in [-0.15, -0.1) is 0 Å². The lowest BCUT2D eigenvalue weighted by Gasteiger charge is -1.76. The predicted octanol–water partition coefficient (Wildman–Crippen LogP) is -0.773. The van der Waals surface area contributed by atoms with Gasteiger partial charge in [0.15, 0.2) is 5.78 Å². The maximum atomic E-state index is 10.4. The third kappa shape index (κ3) is 1.45. The highest BCUT2D eigenvalue weighted by Gasteiger charge is 2.11. The van der Waals surface area contributed by atoms with Gasteiger partial charge in [-0.05, 0) is 29.8 Å². The standard InChI is InChI=1S/C4H5NOS.H4Si/c1-3-4(6)2-7-5-3;/h2H2,1H3;1H4. The van der Waals surface area contributed by atoms with Crippen LogP contribution in [0, 0.1) is 0 Å². The van der Waals surface area contributed by atoms with Crippen molar-refractivity contribution in [2.75, 3.05) is 5.75 Å². The molecule has 0 aliphatic carbocycles. The third-order valence-corrected chi connectivity index (χ3v) is 1.59.